The Hall–Kier alpha value is -0.940. The second kappa shape index (κ2) is 3.33. The topological polar surface area (TPSA) is 64.0 Å². The van der Waals surface area contributed by atoms with Gasteiger partial charge in [0.1, 0.15) is 0 Å². The second-order valence-corrected chi connectivity index (χ2v) is 5.63. The van der Waals surface area contributed by atoms with Gasteiger partial charge in [0, 0.05) is 32.9 Å². The summed E-state index contributed by atoms with van der Waals surface area (Å²) in [5.74, 6) is 0. The van der Waals surface area contributed by atoms with Gasteiger partial charge in [-0.2, -0.15) is 4.57 Å². The molecule has 0 amide bonds. The van der Waals surface area contributed by atoms with E-state index >= 15 is 0 Å². The van der Waals surface area contributed by atoms with Crippen LogP contribution in [0.3, 0.4) is 0 Å². The van der Waals surface area contributed by atoms with Crippen LogP contribution >= 0.6 is 0 Å². The Balaban J connectivity index is 3.47. The molecule has 1 rings (SSSR count). The maximum Gasteiger partial charge on any atom is 0.312 e. The number of sulfonamides is 1. The third kappa shape index (κ3) is 2.30. The van der Waals surface area contributed by atoms with Crippen LogP contribution in [0.5, 0.6) is 0 Å². The number of pyridine rings is 1. The average molecular weight is 215 g/mol. The van der Waals surface area contributed by atoms with Crippen molar-refractivity contribution in [2.45, 2.75) is 31.3 Å². The summed E-state index contributed by atoms with van der Waals surface area (Å²) >= 11 is 0. The number of hydrogen-bond acceptors (Lipinski definition) is 2. The van der Waals surface area contributed by atoms with Gasteiger partial charge in [-0.3, -0.25) is 0 Å². The summed E-state index contributed by atoms with van der Waals surface area (Å²) in [5, 5.41) is 5.24. The molecule has 0 aromatic carbocycles. The van der Waals surface area contributed by atoms with Gasteiger partial charge in [-0.15, -0.1) is 0 Å². The molecule has 1 heterocycles. The first-order chi connectivity index (χ1) is 6.23. The zero-order chi connectivity index (χ0) is 11.0. The molecule has 0 saturated carbocycles. The van der Waals surface area contributed by atoms with Gasteiger partial charge in [0.05, 0.1) is 0 Å². The van der Waals surface area contributed by atoms with Gasteiger partial charge in [0.25, 0.3) is 10.0 Å². The molecular formula is C9H15N2O2S+. The van der Waals surface area contributed by atoms with Crippen molar-refractivity contribution in [2.75, 3.05) is 0 Å². The van der Waals surface area contributed by atoms with E-state index in [4.69, 9.17) is 5.14 Å². The molecule has 4 nitrogen and oxygen atoms in total. The van der Waals surface area contributed by atoms with Crippen molar-refractivity contribution in [2.24, 2.45) is 5.14 Å². The van der Waals surface area contributed by atoms with Gasteiger partial charge in [-0.1, -0.05) is 0 Å². The summed E-state index contributed by atoms with van der Waals surface area (Å²) in [7, 11) is -3.65. The first-order valence-electron chi connectivity index (χ1n) is 4.27. The van der Waals surface area contributed by atoms with E-state index in [1.54, 1.807) is 22.9 Å². The van der Waals surface area contributed by atoms with Crippen molar-refractivity contribution < 1.29 is 13.0 Å². The normalized spacial score (nSPS) is 12.9. The highest BCUT2D eigenvalue weighted by Gasteiger charge is 2.30. The van der Waals surface area contributed by atoms with Crippen LogP contribution in [0.2, 0.25) is 0 Å². The molecule has 0 spiro atoms. The van der Waals surface area contributed by atoms with Gasteiger partial charge in [0.2, 0.25) is 0 Å². The molecule has 0 saturated heterocycles. The van der Waals surface area contributed by atoms with Crippen LogP contribution in [0.4, 0.5) is 0 Å². The summed E-state index contributed by atoms with van der Waals surface area (Å²) in [6.07, 6.45) is 1.71. The summed E-state index contributed by atoms with van der Waals surface area (Å²) in [6, 6.07) is 4.93. The zero-order valence-electron chi connectivity index (χ0n) is 8.56. The van der Waals surface area contributed by atoms with Gasteiger partial charge in [-0.05, 0) is 6.07 Å². The quantitative estimate of drug-likeness (QED) is 0.688. The SMILES string of the molecule is CC(C)(C)[n+]1ccccc1S(N)(=O)=O. The van der Waals surface area contributed by atoms with Gasteiger partial charge in [0.15, 0.2) is 11.7 Å². The fourth-order valence-corrected chi connectivity index (χ4v) is 2.09. The molecule has 2 N–H and O–H groups in total. The lowest BCUT2D eigenvalue weighted by Crippen LogP contribution is -2.54. The minimum atomic E-state index is -3.65. The highest BCUT2D eigenvalue weighted by atomic mass is 32.2. The second-order valence-electron chi connectivity index (χ2n) is 4.12. The van der Waals surface area contributed by atoms with E-state index in [0.717, 1.165) is 0 Å². The van der Waals surface area contributed by atoms with E-state index in [2.05, 4.69) is 0 Å². The van der Waals surface area contributed by atoms with Crippen LogP contribution in [0.25, 0.3) is 0 Å². The summed E-state index contributed by atoms with van der Waals surface area (Å²) in [6.45, 7) is 5.76. The zero-order valence-corrected chi connectivity index (χ0v) is 9.38. The molecule has 0 aliphatic carbocycles. The van der Waals surface area contributed by atoms with Crippen LogP contribution in [-0.4, -0.2) is 8.42 Å². The van der Waals surface area contributed by atoms with Crippen molar-refractivity contribution in [3.05, 3.63) is 24.4 Å². The highest BCUT2D eigenvalue weighted by molar-refractivity contribution is 7.89. The molecule has 0 bridgehead atoms. The van der Waals surface area contributed by atoms with Gasteiger partial charge in [-0.25, -0.2) is 13.6 Å². The van der Waals surface area contributed by atoms with E-state index in [9.17, 15) is 8.42 Å². The standard InChI is InChI=1S/C9H15N2O2S/c1-9(2,3)11-7-5-4-6-8(11)14(10,12)13/h4-7H,1-3H3,(H2,10,12,13)/q+1. The number of hydrogen-bond donors (Lipinski definition) is 1. The number of nitrogens with two attached hydrogens (primary N) is 1. The molecule has 0 radical (unpaired) electrons. The summed E-state index contributed by atoms with van der Waals surface area (Å²) < 4.78 is 24.2. The molecule has 14 heavy (non-hydrogen) atoms. The van der Waals surface area contributed by atoms with Gasteiger partial charge >= 0.3 is 5.03 Å². The molecule has 0 atom stereocenters. The van der Waals surface area contributed by atoms with Crippen LogP contribution < -0.4 is 9.71 Å². The Morgan fingerprint density at radius 1 is 1.29 bits per heavy atom. The smallest absolute Gasteiger partial charge is 0.219 e. The van der Waals surface area contributed by atoms with E-state index in [0.29, 0.717) is 0 Å². The molecule has 0 aliphatic heterocycles. The van der Waals surface area contributed by atoms with Crippen LogP contribution in [0, 0.1) is 0 Å². The number of nitrogens with zero attached hydrogens (tertiary/aromatic N) is 1. The molecule has 5 heteroatoms. The van der Waals surface area contributed by atoms with Crippen molar-refractivity contribution in [1.82, 2.24) is 0 Å². The van der Waals surface area contributed by atoms with Crippen molar-refractivity contribution >= 4 is 10.0 Å². The number of primary sulfonamides is 1. The maximum atomic E-state index is 11.3. The average Bonchev–Trinajstić information content (AvgIpc) is 2.01. The fourth-order valence-electron chi connectivity index (χ4n) is 1.21. The van der Waals surface area contributed by atoms with E-state index in [1.165, 1.54) is 6.07 Å². The third-order valence-corrected chi connectivity index (χ3v) is 2.75. The first-order valence-corrected chi connectivity index (χ1v) is 5.81. The Morgan fingerprint density at radius 2 is 1.86 bits per heavy atom. The molecule has 1 aromatic rings. The number of aromatic nitrogens is 1. The van der Waals surface area contributed by atoms with Crippen LogP contribution in [0.1, 0.15) is 20.8 Å². The van der Waals surface area contributed by atoms with Crippen LogP contribution in [-0.2, 0) is 15.6 Å². The fraction of sp³-hybridized carbons (Fsp3) is 0.444. The molecular weight excluding hydrogens is 200 g/mol. The van der Waals surface area contributed by atoms with Crippen molar-refractivity contribution in [3.8, 4) is 0 Å². The van der Waals surface area contributed by atoms with E-state index in [1.807, 2.05) is 20.8 Å². The Bertz CT molecular complexity index is 432. The predicted molar refractivity (Wildman–Crippen MR) is 53.0 cm³/mol. The summed E-state index contributed by atoms with van der Waals surface area (Å²) in [4.78, 5) is 0. The van der Waals surface area contributed by atoms with Crippen molar-refractivity contribution in [3.63, 3.8) is 0 Å². The number of rotatable bonds is 1. The molecule has 1 aromatic heterocycles. The Morgan fingerprint density at radius 3 is 2.21 bits per heavy atom. The van der Waals surface area contributed by atoms with Gasteiger partial charge < -0.3 is 0 Å². The summed E-state index contributed by atoms with van der Waals surface area (Å²) in [5.41, 5.74) is -0.303. The highest BCUT2D eigenvalue weighted by Crippen LogP contribution is 2.08. The monoisotopic (exact) mass is 215 g/mol. The lowest BCUT2D eigenvalue weighted by Gasteiger charge is -2.14. The minimum Gasteiger partial charge on any atom is -0.219 e. The molecule has 78 valence electrons. The van der Waals surface area contributed by atoms with Crippen LogP contribution in [0.15, 0.2) is 29.4 Å². The first kappa shape index (κ1) is 11.1. The molecule has 0 unspecified atom stereocenters. The van der Waals surface area contributed by atoms with E-state index < -0.39 is 10.0 Å². The molecule has 0 aliphatic rings. The lowest BCUT2D eigenvalue weighted by atomic mass is 10.1. The largest absolute Gasteiger partial charge is 0.312 e. The minimum absolute atomic E-state index is 0.132. The Labute approximate surface area is 84.4 Å². The predicted octanol–water partition coefficient (Wildman–Crippen LogP) is 0.377. The lowest BCUT2D eigenvalue weighted by molar-refractivity contribution is -0.787. The Kier molecular flexibility index (Phi) is 2.65. The maximum absolute atomic E-state index is 11.3. The third-order valence-electron chi connectivity index (χ3n) is 1.84. The van der Waals surface area contributed by atoms with E-state index in [-0.39, 0.29) is 10.6 Å². The molecule has 0 fully saturated rings. The van der Waals surface area contributed by atoms with Crippen molar-refractivity contribution in [1.29, 1.82) is 0 Å².